The van der Waals surface area contributed by atoms with Gasteiger partial charge in [0, 0.05) is 24.2 Å². The summed E-state index contributed by atoms with van der Waals surface area (Å²) in [5.74, 6) is -0.366. The highest BCUT2D eigenvalue weighted by molar-refractivity contribution is 6.01. The number of methoxy groups -OCH3 is 1. The highest BCUT2D eigenvalue weighted by atomic mass is 19.3. The number of imidazole rings is 1. The van der Waals surface area contributed by atoms with Crippen LogP contribution in [0.15, 0.2) is 36.7 Å². The number of unbranched alkanes of at least 4 members (excludes halogenated alkanes) is 1. The van der Waals surface area contributed by atoms with Crippen LogP contribution >= 0.6 is 0 Å². The second-order valence-electron chi connectivity index (χ2n) is 11.0. The molecular weight excluding hydrogens is 540 g/mol. The van der Waals surface area contributed by atoms with Crippen molar-refractivity contribution in [2.24, 2.45) is 0 Å². The maximum Gasteiger partial charge on any atom is 0.387 e. The highest BCUT2D eigenvalue weighted by Crippen LogP contribution is 2.50. The van der Waals surface area contributed by atoms with E-state index in [-0.39, 0.29) is 28.9 Å². The first-order valence-corrected chi connectivity index (χ1v) is 15.2. The van der Waals surface area contributed by atoms with Gasteiger partial charge in [-0.3, -0.25) is 14.0 Å². The Morgan fingerprint density at radius 1 is 1.07 bits per heavy atom. The average molecular weight is 586 g/mol. The zero-order valence-corrected chi connectivity index (χ0v) is 25.8. The maximum absolute atomic E-state index is 13.3. The molecule has 0 unspecified atom stereocenters. The number of ketones is 1. The van der Waals surface area contributed by atoms with E-state index in [2.05, 4.69) is 44.9 Å². The molecule has 230 valence electrons. The third-order valence-corrected chi connectivity index (χ3v) is 7.04. The lowest BCUT2D eigenvalue weighted by Crippen LogP contribution is -2.26. The smallest absolute Gasteiger partial charge is 0.387 e. The SMILES string of the molecule is CCC.CCC.CCCCC(=O)C1(c2ccn3c(-c4cc(OC)c(C(=O)NC5CC5)c(OC(F)F)c4)cnc3c2)CC1. The van der Waals surface area contributed by atoms with Crippen molar-refractivity contribution in [3.63, 3.8) is 0 Å². The molecule has 3 aromatic rings. The van der Waals surface area contributed by atoms with Crippen LogP contribution < -0.4 is 14.8 Å². The van der Waals surface area contributed by atoms with E-state index in [1.54, 1.807) is 12.3 Å². The first kappa shape index (κ1) is 33.0. The summed E-state index contributed by atoms with van der Waals surface area (Å²) in [4.78, 5) is 30.2. The molecule has 2 aliphatic carbocycles. The second-order valence-corrected chi connectivity index (χ2v) is 11.0. The molecule has 5 rings (SSSR count). The molecule has 2 aliphatic rings. The molecule has 2 aromatic heterocycles. The topological polar surface area (TPSA) is 81.9 Å². The molecule has 1 amide bonds. The third kappa shape index (κ3) is 7.86. The van der Waals surface area contributed by atoms with Gasteiger partial charge < -0.3 is 14.8 Å². The van der Waals surface area contributed by atoms with Gasteiger partial charge in [-0.1, -0.05) is 53.9 Å². The van der Waals surface area contributed by atoms with Crippen LogP contribution in [0.3, 0.4) is 0 Å². The van der Waals surface area contributed by atoms with Crippen molar-refractivity contribution >= 4 is 17.3 Å². The molecule has 1 N–H and O–H groups in total. The van der Waals surface area contributed by atoms with Gasteiger partial charge in [0.1, 0.15) is 28.5 Å². The summed E-state index contributed by atoms with van der Waals surface area (Å²) in [5.41, 5.74) is 2.24. The van der Waals surface area contributed by atoms with Gasteiger partial charge in [-0.2, -0.15) is 8.78 Å². The number of halogens is 2. The van der Waals surface area contributed by atoms with E-state index >= 15 is 0 Å². The zero-order valence-electron chi connectivity index (χ0n) is 25.8. The normalized spacial score (nSPS) is 14.8. The number of ether oxygens (including phenoxy) is 2. The van der Waals surface area contributed by atoms with Gasteiger partial charge in [-0.05, 0) is 61.9 Å². The Morgan fingerprint density at radius 3 is 2.26 bits per heavy atom. The minimum absolute atomic E-state index is 0.0397. The molecule has 9 heteroatoms. The van der Waals surface area contributed by atoms with Crippen LogP contribution in [-0.2, 0) is 10.2 Å². The van der Waals surface area contributed by atoms with Gasteiger partial charge in [0.25, 0.3) is 5.91 Å². The number of rotatable bonds is 11. The Morgan fingerprint density at radius 2 is 1.71 bits per heavy atom. The van der Waals surface area contributed by atoms with E-state index in [1.165, 1.54) is 26.0 Å². The fraction of sp³-hybridized carbons (Fsp3) is 0.545. The Bertz CT molecular complexity index is 1340. The molecule has 0 saturated heterocycles. The van der Waals surface area contributed by atoms with Crippen LogP contribution in [0.4, 0.5) is 8.78 Å². The molecule has 7 nitrogen and oxygen atoms in total. The van der Waals surface area contributed by atoms with Gasteiger partial charge >= 0.3 is 6.61 Å². The van der Waals surface area contributed by atoms with Crippen molar-refractivity contribution in [1.29, 1.82) is 0 Å². The number of Topliss-reactive ketones (excluding diaryl/α,β-unsaturated/α-hetero) is 1. The van der Waals surface area contributed by atoms with E-state index in [9.17, 15) is 18.4 Å². The number of carbonyl (C=O) groups excluding carboxylic acids is 2. The number of pyridine rings is 1. The van der Waals surface area contributed by atoms with Crippen molar-refractivity contribution in [3.8, 4) is 22.8 Å². The van der Waals surface area contributed by atoms with Gasteiger partial charge in [-0.25, -0.2) is 4.98 Å². The summed E-state index contributed by atoms with van der Waals surface area (Å²) < 4.78 is 38.5. The first-order chi connectivity index (χ1) is 20.2. The number of fused-ring (bicyclic) bond motifs is 1. The van der Waals surface area contributed by atoms with E-state index in [0.29, 0.717) is 23.3 Å². The number of aromatic nitrogens is 2. The van der Waals surface area contributed by atoms with E-state index in [1.807, 2.05) is 22.7 Å². The standard InChI is InChI=1S/C27H29F2N3O4.2C3H8/c1-3-4-5-22(33)27(9-10-27)17-8-11-32-19(15-30-23(32)14-17)16-12-20(35-2)24(21(13-16)36-26(28)29)25(34)31-18-6-7-18;2*1-3-2/h8,11-15,18,26H,3-7,9-10H2,1-2H3,(H,31,34);2*3H2,1-2H3. The number of hydrogen-bond acceptors (Lipinski definition) is 5. The summed E-state index contributed by atoms with van der Waals surface area (Å²) >= 11 is 0. The Balaban J connectivity index is 0.000000745. The number of nitrogens with zero attached hydrogens (tertiary/aromatic N) is 2. The molecule has 2 saturated carbocycles. The lowest BCUT2D eigenvalue weighted by Gasteiger charge is -2.17. The summed E-state index contributed by atoms with van der Waals surface area (Å²) in [6, 6.07) is 6.92. The molecule has 2 heterocycles. The van der Waals surface area contributed by atoms with Crippen molar-refractivity contribution in [1.82, 2.24) is 14.7 Å². The highest BCUT2D eigenvalue weighted by Gasteiger charge is 2.50. The average Bonchev–Trinajstić information content (AvgIpc) is 3.89. The van der Waals surface area contributed by atoms with E-state index in [4.69, 9.17) is 9.47 Å². The number of alkyl halides is 2. The Hall–Kier alpha value is -3.49. The third-order valence-electron chi connectivity index (χ3n) is 7.04. The van der Waals surface area contributed by atoms with Gasteiger partial charge in [0.15, 0.2) is 0 Å². The second kappa shape index (κ2) is 15.1. The fourth-order valence-corrected chi connectivity index (χ4v) is 4.72. The Labute approximate surface area is 248 Å². The van der Waals surface area contributed by atoms with Gasteiger partial charge in [0.05, 0.1) is 24.4 Å². The summed E-state index contributed by atoms with van der Waals surface area (Å²) in [6.45, 7) is 7.46. The molecular formula is C33H45F2N3O4. The van der Waals surface area contributed by atoms with Crippen LogP contribution in [-0.4, -0.2) is 40.8 Å². The molecule has 0 spiro atoms. The molecule has 0 bridgehead atoms. The lowest BCUT2D eigenvalue weighted by atomic mass is 9.89. The lowest BCUT2D eigenvalue weighted by molar-refractivity contribution is -0.121. The van der Waals surface area contributed by atoms with E-state index < -0.39 is 17.9 Å². The number of hydrogen-bond donors (Lipinski definition) is 1. The molecule has 1 aromatic carbocycles. The van der Waals surface area contributed by atoms with Crippen LogP contribution in [0.1, 0.15) is 108 Å². The maximum atomic E-state index is 13.3. The van der Waals surface area contributed by atoms with Crippen LogP contribution in [0.5, 0.6) is 11.5 Å². The number of amides is 1. The molecule has 0 atom stereocenters. The minimum atomic E-state index is -3.11. The number of carbonyl (C=O) groups is 2. The Kier molecular flexibility index (Phi) is 11.9. The van der Waals surface area contributed by atoms with Crippen LogP contribution in [0, 0.1) is 0 Å². The van der Waals surface area contributed by atoms with Crippen molar-refractivity contribution < 1.29 is 27.8 Å². The minimum Gasteiger partial charge on any atom is -0.496 e. The summed E-state index contributed by atoms with van der Waals surface area (Å²) in [6.07, 6.45) is 11.8. The zero-order chi connectivity index (χ0) is 30.9. The van der Waals surface area contributed by atoms with Crippen LogP contribution in [0.25, 0.3) is 16.9 Å². The van der Waals surface area contributed by atoms with Gasteiger partial charge in [0.2, 0.25) is 0 Å². The van der Waals surface area contributed by atoms with Crippen molar-refractivity contribution in [2.45, 2.75) is 110 Å². The predicted molar refractivity (Wildman–Crippen MR) is 162 cm³/mol. The quantitative estimate of drug-likeness (QED) is 0.246. The molecule has 0 radical (unpaired) electrons. The van der Waals surface area contributed by atoms with Crippen LogP contribution in [0.2, 0.25) is 0 Å². The molecule has 0 aliphatic heterocycles. The number of nitrogens with one attached hydrogen (secondary N) is 1. The summed E-state index contributed by atoms with van der Waals surface area (Å²) in [5, 5.41) is 2.80. The first-order valence-electron chi connectivity index (χ1n) is 15.2. The molecule has 42 heavy (non-hydrogen) atoms. The molecule has 2 fully saturated rings. The van der Waals surface area contributed by atoms with E-state index in [0.717, 1.165) is 44.1 Å². The largest absolute Gasteiger partial charge is 0.496 e. The fourth-order valence-electron chi connectivity index (χ4n) is 4.72. The summed E-state index contributed by atoms with van der Waals surface area (Å²) in [7, 11) is 1.38. The monoisotopic (exact) mass is 585 g/mol. The van der Waals surface area contributed by atoms with Gasteiger partial charge in [-0.15, -0.1) is 0 Å². The van der Waals surface area contributed by atoms with Crippen molar-refractivity contribution in [3.05, 3.63) is 47.8 Å². The predicted octanol–water partition coefficient (Wildman–Crippen LogP) is 8.13. The van der Waals surface area contributed by atoms with Crippen molar-refractivity contribution in [2.75, 3.05) is 7.11 Å². The number of benzene rings is 1.